The van der Waals surface area contributed by atoms with Crippen LogP contribution in [0.25, 0.3) is 0 Å². The first-order valence-electron chi connectivity index (χ1n) is 8.30. The fourth-order valence-corrected chi connectivity index (χ4v) is 2.60. The number of carbonyl (C=O) groups excluding carboxylic acids is 1. The van der Waals surface area contributed by atoms with E-state index in [-0.39, 0.29) is 17.4 Å². The lowest BCUT2D eigenvalue weighted by Gasteiger charge is -2.21. The van der Waals surface area contributed by atoms with Gasteiger partial charge in [-0.25, -0.2) is 14.4 Å². The van der Waals surface area contributed by atoms with Crippen LogP contribution in [0.3, 0.4) is 0 Å². The van der Waals surface area contributed by atoms with E-state index in [0.29, 0.717) is 18.1 Å². The lowest BCUT2D eigenvalue weighted by molar-refractivity contribution is 0.0983. The number of nitrogens with one attached hydrogen (secondary N) is 1. The molecule has 5 nitrogen and oxygen atoms in total. The highest BCUT2D eigenvalue weighted by Gasteiger charge is 2.18. The average Bonchev–Trinajstić information content (AvgIpc) is 2.64. The first-order valence-corrected chi connectivity index (χ1v) is 8.30. The third-order valence-electron chi connectivity index (χ3n) is 3.88. The van der Waals surface area contributed by atoms with Crippen LogP contribution in [0.1, 0.15) is 23.0 Å². The molecule has 0 bridgehead atoms. The maximum atomic E-state index is 13.0. The minimum atomic E-state index is -0.314. The van der Waals surface area contributed by atoms with Gasteiger partial charge in [-0.1, -0.05) is 12.1 Å². The molecule has 3 aromatic rings. The third-order valence-corrected chi connectivity index (χ3v) is 3.88. The van der Waals surface area contributed by atoms with E-state index in [0.717, 1.165) is 11.3 Å². The summed E-state index contributed by atoms with van der Waals surface area (Å²) in [5.74, 6) is -0.0521. The highest BCUT2D eigenvalue weighted by molar-refractivity contribution is 6.05. The summed E-state index contributed by atoms with van der Waals surface area (Å²) in [4.78, 5) is 22.8. The van der Waals surface area contributed by atoms with E-state index in [2.05, 4.69) is 15.3 Å². The van der Waals surface area contributed by atoms with Gasteiger partial charge >= 0.3 is 0 Å². The standard InChI is InChI=1S/C20H19FN4O/c1-3-25(17-6-4-5-14(2)11-17)20(26)18-12-19(23-13-22-18)24-16-9-7-15(21)8-10-16/h4-13H,3H2,1-2H3,(H,22,23,24). The number of nitrogens with zero attached hydrogens (tertiary/aromatic N) is 3. The van der Waals surface area contributed by atoms with Gasteiger partial charge in [0.1, 0.15) is 23.7 Å². The summed E-state index contributed by atoms with van der Waals surface area (Å²) in [5, 5.41) is 3.04. The zero-order chi connectivity index (χ0) is 18.5. The molecule has 0 saturated carbocycles. The number of aromatic nitrogens is 2. The van der Waals surface area contributed by atoms with Crippen molar-refractivity contribution in [2.45, 2.75) is 13.8 Å². The van der Waals surface area contributed by atoms with Crippen LogP contribution in [-0.2, 0) is 0 Å². The van der Waals surface area contributed by atoms with Crippen molar-refractivity contribution < 1.29 is 9.18 Å². The Bertz CT molecular complexity index is 912. The van der Waals surface area contributed by atoms with E-state index < -0.39 is 0 Å². The fraction of sp³-hybridized carbons (Fsp3) is 0.150. The monoisotopic (exact) mass is 350 g/mol. The zero-order valence-corrected chi connectivity index (χ0v) is 14.6. The number of anilines is 3. The first-order chi connectivity index (χ1) is 12.6. The predicted molar refractivity (Wildman–Crippen MR) is 100 cm³/mol. The summed E-state index contributed by atoms with van der Waals surface area (Å²) >= 11 is 0. The molecule has 26 heavy (non-hydrogen) atoms. The van der Waals surface area contributed by atoms with Gasteiger partial charge in [0.2, 0.25) is 0 Å². The number of aryl methyl sites for hydroxylation is 1. The molecule has 2 aromatic carbocycles. The second-order valence-corrected chi connectivity index (χ2v) is 5.81. The molecule has 6 heteroatoms. The van der Waals surface area contributed by atoms with Crippen LogP contribution in [0.15, 0.2) is 60.9 Å². The summed E-state index contributed by atoms with van der Waals surface area (Å²) in [6, 6.07) is 15.3. The Kier molecular flexibility index (Phi) is 5.22. The number of amides is 1. The van der Waals surface area contributed by atoms with Crippen LogP contribution in [0.4, 0.5) is 21.6 Å². The fourth-order valence-electron chi connectivity index (χ4n) is 2.60. The van der Waals surface area contributed by atoms with Crippen molar-refractivity contribution in [3.8, 4) is 0 Å². The zero-order valence-electron chi connectivity index (χ0n) is 14.6. The molecule has 0 unspecified atom stereocenters. The molecule has 0 aliphatic carbocycles. The van der Waals surface area contributed by atoms with Crippen molar-refractivity contribution in [2.24, 2.45) is 0 Å². The largest absolute Gasteiger partial charge is 0.340 e. The predicted octanol–water partition coefficient (Wildman–Crippen LogP) is 4.33. The Labute approximate surface area is 151 Å². The molecule has 0 aliphatic heterocycles. The van der Waals surface area contributed by atoms with Crippen LogP contribution in [-0.4, -0.2) is 22.4 Å². The van der Waals surface area contributed by atoms with Crippen LogP contribution in [0.2, 0.25) is 0 Å². The quantitative estimate of drug-likeness (QED) is 0.744. The van der Waals surface area contributed by atoms with E-state index in [9.17, 15) is 9.18 Å². The molecule has 1 heterocycles. The van der Waals surface area contributed by atoms with E-state index >= 15 is 0 Å². The summed E-state index contributed by atoms with van der Waals surface area (Å²) in [6.45, 7) is 4.42. The smallest absolute Gasteiger partial charge is 0.277 e. The Morgan fingerprint density at radius 1 is 1.12 bits per heavy atom. The number of carbonyl (C=O) groups is 1. The molecule has 0 spiro atoms. The van der Waals surface area contributed by atoms with Crippen LogP contribution >= 0.6 is 0 Å². The molecule has 0 aliphatic rings. The number of rotatable bonds is 5. The van der Waals surface area contributed by atoms with Crippen molar-refractivity contribution in [3.05, 3.63) is 78.0 Å². The van der Waals surface area contributed by atoms with Gasteiger partial charge in [-0.2, -0.15) is 0 Å². The molecular formula is C20H19FN4O. The molecule has 132 valence electrons. The SMILES string of the molecule is CCN(C(=O)c1cc(Nc2ccc(F)cc2)ncn1)c1cccc(C)c1. The van der Waals surface area contributed by atoms with Crippen LogP contribution in [0.5, 0.6) is 0 Å². The third kappa shape index (κ3) is 4.03. The molecule has 3 rings (SSSR count). The summed E-state index contributed by atoms with van der Waals surface area (Å²) < 4.78 is 13.0. The maximum absolute atomic E-state index is 13.0. The average molecular weight is 350 g/mol. The highest BCUT2D eigenvalue weighted by atomic mass is 19.1. The molecular weight excluding hydrogens is 331 g/mol. The van der Waals surface area contributed by atoms with E-state index in [1.165, 1.54) is 18.5 Å². The Balaban J connectivity index is 1.84. The molecule has 1 amide bonds. The van der Waals surface area contributed by atoms with Gasteiger partial charge in [-0.3, -0.25) is 4.79 Å². The first kappa shape index (κ1) is 17.5. The molecule has 0 fully saturated rings. The lowest BCUT2D eigenvalue weighted by atomic mass is 10.2. The van der Waals surface area contributed by atoms with Gasteiger partial charge in [-0.15, -0.1) is 0 Å². The van der Waals surface area contributed by atoms with E-state index in [1.807, 2.05) is 38.1 Å². The Morgan fingerprint density at radius 3 is 2.58 bits per heavy atom. The maximum Gasteiger partial charge on any atom is 0.277 e. The van der Waals surface area contributed by atoms with Gasteiger partial charge in [0, 0.05) is 24.0 Å². The van der Waals surface area contributed by atoms with Gasteiger partial charge < -0.3 is 10.2 Å². The molecule has 1 N–H and O–H groups in total. The number of hydrogen-bond donors (Lipinski definition) is 1. The van der Waals surface area contributed by atoms with Crippen LogP contribution in [0, 0.1) is 12.7 Å². The second-order valence-electron chi connectivity index (χ2n) is 5.81. The minimum Gasteiger partial charge on any atom is -0.340 e. The van der Waals surface area contributed by atoms with Crippen molar-refractivity contribution >= 4 is 23.1 Å². The highest BCUT2D eigenvalue weighted by Crippen LogP contribution is 2.20. The number of halogens is 1. The van der Waals surface area contributed by atoms with E-state index in [1.54, 1.807) is 23.1 Å². The Morgan fingerprint density at radius 2 is 1.88 bits per heavy atom. The summed E-state index contributed by atoms with van der Waals surface area (Å²) in [7, 11) is 0. The van der Waals surface area contributed by atoms with Gasteiger partial charge in [0.25, 0.3) is 5.91 Å². The normalized spacial score (nSPS) is 10.4. The molecule has 0 atom stereocenters. The van der Waals surface area contributed by atoms with E-state index in [4.69, 9.17) is 0 Å². The lowest BCUT2D eigenvalue weighted by Crippen LogP contribution is -2.31. The summed E-state index contributed by atoms with van der Waals surface area (Å²) in [6.07, 6.45) is 1.34. The molecule has 0 saturated heterocycles. The van der Waals surface area contributed by atoms with Crippen molar-refractivity contribution in [1.29, 1.82) is 0 Å². The molecule has 1 aromatic heterocycles. The van der Waals surface area contributed by atoms with Gasteiger partial charge in [-0.05, 0) is 55.8 Å². The van der Waals surface area contributed by atoms with Crippen molar-refractivity contribution in [1.82, 2.24) is 9.97 Å². The minimum absolute atomic E-state index is 0.206. The van der Waals surface area contributed by atoms with Gasteiger partial charge in [0.15, 0.2) is 0 Å². The topological polar surface area (TPSA) is 58.1 Å². The van der Waals surface area contributed by atoms with Crippen molar-refractivity contribution in [3.63, 3.8) is 0 Å². The van der Waals surface area contributed by atoms with Crippen LogP contribution < -0.4 is 10.2 Å². The molecule has 0 radical (unpaired) electrons. The van der Waals surface area contributed by atoms with Crippen molar-refractivity contribution in [2.75, 3.05) is 16.8 Å². The van der Waals surface area contributed by atoms with Gasteiger partial charge in [0.05, 0.1) is 0 Å². The number of benzene rings is 2. The summed E-state index contributed by atoms with van der Waals surface area (Å²) in [5.41, 5.74) is 2.86. The Hall–Kier alpha value is -3.28. The number of hydrogen-bond acceptors (Lipinski definition) is 4. The second kappa shape index (κ2) is 7.74.